The maximum absolute atomic E-state index is 4.24. The average molecular weight is 278 g/mol. The van der Waals surface area contributed by atoms with E-state index < -0.39 is 0 Å². The molecule has 1 saturated heterocycles. The lowest BCUT2D eigenvalue weighted by Gasteiger charge is -2.33. The molecule has 1 fully saturated rings. The van der Waals surface area contributed by atoms with Crippen molar-refractivity contribution in [2.24, 2.45) is 0 Å². The molecule has 4 heteroatoms. The zero-order valence-corrected chi connectivity index (χ0v) is 13.3. The molecule has 1 atom stereocenters. The average Bonchev–Trinajstić information content (AvgIpc) is 2.89. The first-order valence-electron chi connectivity index (χ1n) is 8.14. The quantitative estimate of drug-likeness (QED) is 0.779. The monoisotopic (exact) mass is 278 g/mol. The number of nitrogens with zero attached hydrogens (tertiary/aromatic N) is 3. The van der Waals surface area contributed by atoms with Gasteiger partial charge in [-0.25, -0.2) is 4.98 Å². The molecule has 0 spiro atoms. The molecule has 20 heavy (non-hydrogen) atoms. The topological polar surface area (TPSA) is 33.1 Å². The van der Waals surface area contributed by atoms with E-state index >= 15 is 0 Å². The third-order valence-corrected chi connectivity index (χ3v) is 4.35. The van der Waals surface area contributed by atoms with Gasteiger partial charge in [-0.1, -0.05) is 6.42 Å². The summed E-state index contributed by atoms with van der Waals surface area (Å²) in [6.45, 7) is 11.3. The van der Waals surface area contributed by atoms with Crippen molar-refractivity contribution in [2.45, 2.75) is 65.1 Å². The van der Waals surface area contributed by atoms with Gasteiger partial charge in [0, 0.05) is 24.8 Å². The molecule has 4 nitrogen and oxygen atoms in total. The predicted octanol–water partition coefficient (Wildman–Crippen LogP) is 2.82. The van der Waals surface area contributed by atoms with E-state index in [0.29, 0.717) is 6.04 Å². The zero-order chi connectivity index (χ0) is 14.4. The number of rotatable bonds is 7. The highest BCUT2D eigenvalue weighted by Crippen LogP contribution is 2.16. The zero-order valence-electron chi connectivity index (χ0n) is 13.3. The summed E-state index contributed by atoms with van der Waals surface area (Å²) in [7, 11) is 0. The smallest absolute Gasteiger partial charge is 0.0951 e. The van der Waals surface area contributed by atoms with E-state index in [4.69, 9.17) is 0 Å². The minimum atomic E-state index is 0.489. The largest absolute Gasteiger partial charge is 0.331 e. The van der Waals surface area contributed by atoms with Gasteiger partial charge in [0.25, 0.3) is 0 Å². The van der Waals surface area contributed by atoms with Gasteiger partial charge in [-0.2, -0.15) is 0 Å². The van der Waals surface area contributed by atoms with Crippen molar-refractivity contribution in [3.63, 3.8) is 0 Å². The van der Waals surface area contributed by atoms with Crippen molar-refractivity contribution in [3.05, 3.63) is 18.2 Å². The van der Waals surface area contributed by atoms with Crippen LogP contribution >= 0.6 is 0 Å². The Morgan fingerprint density at radius 3 is 3.00 bits per heavy atom. The molecule has 0 radical (unpaired) electrons. The number of nitrogens with one attached hydrogen (secondary N) is 1. The molecule has 2 rings (SSSR count). The SMILES string of the molecule is CC1CCCCN1CCCNCc1cncn1C(C)C. The van der Waals surface area contributed by atoms with Gasteiger partial charge in [-0.05, 0) is 59.7 Å². The van der Waals surface area contributed by atoms with Gasteiger partial charge in [-0.15, -0.1) is 0 Å². The molecule has 1 unspecified atom stereocenters. The Morgan fingerprint density at radius 1 is 1.40 bits per heavy atom. The number of likely N-dealkylation sites (tertiary alicyclic amines) is 1. The number of hydrogen-bond donors (Lipinski definition) is 1. The highest BCUT2D eigenvalue weighted by Gasteiger charge is 2.16. The summed E-state index contributed by atoms with van der Waals surface area (Å²) in [5.41, 5.74) is 1.28. The van der Waals surface area contributed by atoms with E-state index in [9.17, 15) is 0 Å². The minimum absolute atomic E-state index is 0.489. The maximum atomic E-state index is 4.24. The van der Waals surface area contributed by atoms with Crippen molar-refractivity contribution < 1.29 is 0 Å². The molecule has 0 aliphatic carbocycles. The van der Waals surface area contributed by atoms with Crippen LogP contribution in [0.3, 0.4) is 0 Å². The Labute approximate surface area is 123 Å². The van der Waals surface area contributed by atoms with Crippen LogP contribution in [0.2, 0.25) is 0 Å². The molecule has 1 aromatic rings. The Balaban J connectivity index is 1.63. The van der Waals surface area contributed by atoms with Gasteiger partial charge >= 0.3 is 0 Å². The summed E-state index contributed by atoms with van der Waals surface area (Å²) >= 11 is 0. The molecule has 0 amide bonds. The first-order valence-corrected chi connectivity index (χ1v) is 8.14. The molecule has 0 saturated carbocycles. The van der Waals surface area contributed by atoms with Crippen molar-refractivity contribution in [3.8, 4) is 0 Å². The molecule has 1 aliphatic heterocycles. The lowest BCUT2D eigenvalue weighted by molar-refractivity contribution is 0.159. The van der Waals surface area contributed by atoms with Crippen molar-refractivity contribution >= 4 is 0 Å². The second kappa shape index (κ2) is 7.79. The molecule has 1 aromatic heterocycles. The maximum Gasteiger partial charge on any atom is 0.0951 e. The number of aromatic nitrogens is 2. The van der Waals surface area contributed by atoms with Crippen molar-refractivity contribution in [2.75, 3.05) is 19.6 Å². The standard InChI is InChI=1S/C16H30N4/c1-14(2)20-13-18-12-16(20)11-17-8-6-10-19-9-5-4-7-15(19)3/h12-15,17H,4-11H2,1-3H3. The van der Waals surface area contributed by atoms with E-state index in [1.165, 1.54) is 44.5 Å². The fourth-order valence-electron chi connectivity index (χ4n) is 3.05. The Hall–Kier alpha value is -0.870. The first-order chi connectivity index (χ1) is 9.68. The molecule has 114 valence electrons. The number of hydrogen-bond acceptors (Lipinski definition) is 3. The molecule has 1 aliphatic rings. The second-order valence-corrected chi connectivity index (χ2v) is 6.30. The van der Waals surface area contributed by atoms with Crippen LogP contribution in [0, 0.1) is 0 Å². The van der Waals surface area contributed by atoms with E-state index in [-0.39, 0.29) is 0 Å². The fourth-order valence-corrected chi connectivity index (χ4v) is 3.05. The molecular formula is C16H30N4. The summed E-state index contributed by atoms with van der Waals surface area (Å²) in [4.78, 5) is 6.88. The van der Waals surface area contributed by atoms with E-state index in [1.807, 2.05) is 12.5 Å². The lowest BCUT2D eigenvalue weighted by atomic mass is 10.0. The Kier molecular flexibility index (Phi) is 6.05. The fraction of sp³-hybridized carbons (Fsp3) is 0.812. The highest BCUT2D eigenvalue weighted by molar-refractivity contribution is 4.99. The van der Waals surface area contributed by atoms with Crippen LogP contribution in [0.1, 0.15) is 58.2 Å². The summed E-state index contributed by atoms with van der Waals surface area (Å²) in [6, 6.07) is 1.27. The Morgan fingerprint density at radius 2 is 2.25 bits per heavy atom. The van der Waals surface area contributed by atoms with Crippen molar-refractivity contribution in [1.29, 1.82) is 0 Å². The third-order valence-electron chi connectivity index (χ3n) is 4.35. The van der Waals surface area contributed by atoms with Gasteiger partial charge in [0.2, 0.25) is 0 Å². The van der Waals surface area contributed by atoms with Gasteiger partial charge in [-0.3, -0.25) is 0 Å². The molecule has 1 N–H and O–H groups in total. The Bertz CT molecular complexity index is 386. The number of imidazole rings is 1. The van der Waals surface area contributed by atoms with Crippen LogP contribution in [-0.2, 0) is 6.54 Å². The summed E-state index contributed by atoms with van der Waals surface area (Å²) < 4.78 is 2.24. The van der Waals surface area contributed by atoms with Crippen LogP contribution < -0.4 is 5.32 Å². The van der Waals surface area contributed by atoms with Gasteiger partial charge in [0.15, 0.2) is 0 Å². The number of piperidine rings is 1. The lowest BCUT2D eigenvalue weighted by Crippen LogP contribution is -2.38. The molecule has 2 heterocycles. The second-order valence-electron chi connectivity index (χ2n) is 6.30. The van der Waals surface area contributed by atoms with Gasteiger partial charge in [0.1, 0.15) is 0 Å². The van der Waals surface area contributed by atoms with E-state index in [1.54, 1.807) is 0 Å². The van der Waals surface area contributed by atoms with Crippen LogP contribution in [0.5, 0.6) is 0 Å². The minimum Gasteiger partial charge on any atom is -0.331 e. The van der Waals surface area contributed by atoms with E-state index in [0.717, 1.165) is 19.1 Å². The van der Waals surface area contributed by atoms with Crippen LogP contribution in [0.15, 0.2) is 12.5 Å². The summed E-state index contributed by atoms with van der Waals surface area (Å²) in [5.74, 6) is 0. The normalized spacial score (nSPS) is 20.7. The van der Waals surface area contributed by atoms with Crippen LogP contribution in [-0.4, -0.2) is 40.1 Å². The van der Waals surface area contributed by atoms with Gasteiger partial charge in [0.05, 0.1) is 12.0 Å². The van der Waals surface area contributed by atoms with E-state index in [2.05, 4.69) is 40.5 Å². The molecular weight excluding hydrogens is 248 g/mol. The third kappa shape index (κ3) is 4.32. The summed E-state index contributed by atoms with van der Waals surface area (Å²) in [5, 5.41) is 3.55. The van der Waals surface area contributed by atoms with Crippen LogP contribution in [0.4, 0.5) is 0 Å². The predicted molar refractivity (Wildman–Crippen MR) is 83.8 cm³/mol. The highest BCUT2D eigenvalue weighted by atomic mass is 15.2. The summed E-state index contributed by atoms with van der Waals surface area (Å²) in [6.07, 6.45) is 9.30. The molecule has 0 aromatic carbocycles. The van der Waals surface area contributed by atoms with Crippen molar-refractivity contribution in [1.82, 2.24) is 19.8 Å². The molecule has 0 bridgehead atoms. The van der Waals surface area contributed by atoms with Gasteiger partial charge < -0.3 is 14.8 Å². The van der Waals surface area contributed by atoms with Crippen LogP contribution in [0.25, 0.3) is 0 Å². The first kappa shape index (κ1) is 15.5.